The van der Waals surface area contributed by atoms with E-state index >= 15 is 0 Å². The zero-order chi connectivity index (χ0) is 22.1. The van der Waals surface area contributed by atoms with Crippen LogP contribution >= 0.6 is 27.7 Å². The number of rotatable bonds is 10. The summed E-state index contributed by atoms with van der Waals surface area (Å²) in [4.78, 5) is 27.5. The van der Waals surface area contributed by atoms with Crippen molar-refractivity contribution in [3.8, 4) is 0 Å². The number of hydrogen-bond acceptors (Lipinski definition) is 3. The van der Waals surface area contributed by atoms with Crippen molar-refractivity contribution in [1.82, 2.24) is 10.2 Å². The van der Waals surface area contributed by atoms with Crippen molar-refractivity contribution in [2.75, 3.05) is 12.3 Å². The Bertz CT molecular complexity index is 857. The second kappa shape index (κ2) is 12.2. The molecule has 1 atom stereocenters. The molecule has 0 spiro atoms. The van der Waals surface area contributed by atoms with Gasteiger partial charge in [0.15, 0.2) is 0 Å². The van der Waals surface area contributed by atoms with Crippen molar-refractivity contribution in [2.24, 2.45) is 5.92 Å². The molecule has 0 aliphatic carbocycles. The normalized spacial score (nSPS) is 11.9. The minimum atomic E-state index is -0.533. The van der Waals surface area contributed by atoms with Crippen molar-refractivity contribution in [3.05, 3.63) is 69.7 Å². The predicted octanol–water partition coefficient (Wildman–Crippen LogP) is 5.18. The van der Waals surface area contributed by atoms with Crippen LogP contribution in [0.1, 0.15) is 37.5 Å². The molecule has 0 bridgehead atoms. The Balaban J connectivity index is 2.07. The second-order valence-electron chi connectivity index (χ2n) is 7.89. The number of hydrogen-bond donors (Lipinski definition) is 1. The lowest BCUT2D eigenvalue weighted by Gasteiger charge is -2.29. The number of carbonyl (C=O) groups excluding carboxylic acids is 2. The fourth-order valence-corrected chi connectivity index (χ4v) is 4.40. The topological polar surface area (TPSA) is 49.4 Å². The highest BCUT2D eigenvalue weighted by atomic mass is 79.9. The molecule has 0 aromatic heterocycles. The average Bonchev–Trinajstić information content (AvgIpc) is 2.71. The van der Waals surface area contributed by atoms with E-state index in [0.717, 1.165) is 15.8 Å². The molecule has 2 rings (SSSR count). The molecule has 1 N–H and O–H groups in total. The average molecular weight is 491 g/mol. The molecule has 2 amide bonds. The van der Waals surface area contributed by atoms with E-state index in [9.17, 15) is 9.59 Å². The number of nitrogens with zero attached hydrogens (tertiary/aromatic N) is 1. The number of amides is 2. The molecule has 0 saturated carbocycles. The number of aryl methyl sites for hydroxylation is 1. The highest BCUT2D eigenvalue weighted by molar-refractivity contribution is 9.10. The number of carbonyl (C=O) groups is 2. The monoisotopic (exact) mass is 490 g/mol. The molecule has 4 nitrogen and oxygen atoms in total. The van der Waals surface area contributed by atoms with Crippen LogP contribution in [0.15, 0.2) is 53.0 Å². The first kappa shape index (κ1) is 24.5. The van der Waals surface area contributed by atoms with E-state index in [2.05, 4.69) is 54.2 Å². The maximum atomic E-state index is 13.1. The maximum absolute atomic E-state index is 13.1. The Morgan fingerprint density at radius 1 is 1.10 bits per heavy atom. The van der Waals surface area contributed by atoms with E-state index in [1.807, 2.05) is 36.4 Å². The van der Waals surface area contributed by atoms with Gasteiger partial charge in [-0.2, -0.15) is 0 Å². The van der Waals surface area contributed by atoms with Crippen LogP contribution in [-0.4, -0.2) is 35.1 Å². The summed E-state index contributed by atoms with van der Waals surface area (Å²) in [6.45, 7) is 8.99. The molecule has 0 fully saturated rings. The molecule has 0 saturated heterocycles. The van der Waals surface area contributed by atoms with Crippen LogP contribution in [0.2, 0.25) is 0 Å². The van der Waals surface area contributed by atoms with E-state index in [0.29, 0.717) is 24.8 Å². The van der Waals surface area contributed by atoms with E-state index in [1.54, 1.807) is 23.6 Å². The van der Waals surface area contributed by atoms with Crippen LogP contribution in [0.5, 0.6) is 0 Å². The van der Waals surface area contributed by atoms with Gasteiger partial charge in [0.05, 0.1) is 5.75 Å². The molecule has 0 heterocycles. The first-order valence-corrected chi connectivity index (χ1v) is 12.2. The molecule has 6 heteroatoms. The minimum absolute atomic E-state index is 0.0271. The van der Waals surface area contributed by atoms with Crippen molar-refractivity contribution < 1.29 is 9.59 Å². The van der Waals surface area contributed by atoms with Gasteiger partial charge in [-0.25, -0.2) is 0 Å². The number of halogens is 1. The second-order valence-corrected chi connectivity index (χ2v) is 9.79. The first-order valence-electron chi connectivity index (χ1n) is 10.2. The number of benzene rings is 2. The zero-order valence-corrected chi connectivity index (χ0v) is 20.6. The van der Waals surface area contributed by atoms with Crippen molar-refractivity contribution in [3.63, 3.8) is 0 Å². The lowest BCUT2D eigenvalue weighted by Crippen LogP contribution is -2.48. The van der Waals surface area contributed by atoms with Gasteiger partial charge in [0.25, 0.3) is 0 Å². The smallest absolute Gasteiger partial charge is 0.242 e. The number of nitrogens with one attached hydrogen (secondary N) is 1. The van der Waals surface area contributed by atoms with Gasteiger partial charge < -0.3 is 10.2 Å². The van der Waals surface area contributed by atoms with E-state index < -0.39 is 6.04 Å². The first-order chi connectivity index (χ1) is 14.3. The highest BCUT2D eigenvalue weighted by Gasteiger charge is 2.26. The molecule has 0 radical (unpaired) electrons. The quantitative estimate of drug-likeness (QED) is 0.498. The Morgan fingerprint density at radius 3 is 2.50 bits per heavy atom. The van der Waals surface area contributed by atoms with Gasteiger partial charge in [0.2, 0.25) is 11.8 Å². The molecular formula is C24H31BrN2O2S. The summed E-state index contributed by atoms with van der Waals surface area (Å²) in [5, 5.41) is 2.95. The van der Waals surface area contributed by atoms with Gasteiger partial charge in [-0.1, -0.05) is 66.2 Å². The Kier molecular flexibility index (Phi) is 9.92. The Hall–Kier alpha value is -1.79. The minimum Gasteiger partial charge on any atom is -0.354 e. The lowest BCUT2D eigenvalue weighted by atomic mass is 10.1. The largest absolute Gasteiger partial charge is 0.354 e. The lowest BCUT2D eigenvalue weighted by molar-refractivity contribution is -0.138. The van der Waals surface area contributed by atoms with Crippen molar-refractivity contribution in [2.45, 2.75) is 46.0 Å². The maximum Gasteiger partial charge on any atom is 0.242 e. The van der Waals surface area contributed by atoms with Crippen LogP contribution in [0, 0.1) is 12.8 Å². The van der Waals surface area contributed by atoms with Gasteiger partial charge >= 0.3 is 0 Å². The molecule has 2 aromatic carbocycles. The van der Waals surface area contributed by atoms with Crippen LogP contribution in [-0.2, 0) is 21.9 Å². The summed E-state index contributed by atoms with van der Waals surface area (Å²) >= 11 is 5.07. The molecule has 162 valence electrons. The molecule has 0 aliphatic rings. The molecule has 30 heavy (non-hydrogen) atoms. The molecule has 0 aliphatic heterocycles. The van der Waals surface area contributed by atoms with Gasteiger partial charge in [-0.05, 0) is 48.6 Å². The van der Waals surface area contributed by atoms with Crippen LogP contribution in [0.3, 0.4) is 0 Å². The van der Waals surface area contributed by atoms with Crippen molar-refractivity contribution >= 4 is 39.5 Å². The fraction of sp³-hybridized carbons (Fsp3) is 0.417. The molecule has 0 unspecified atom stereocenters. The Morgan fingerprint density at radius 2 is 1.83 bits per heavy atom. The summed E-state index contributed by atoms with van der Waals surface area (Å²) in [6.07, 6.45) is 0. The third-order valence-corrected chi connectivity index (χ3v) is 6.30. The summed E-state index contributed by atoms with van der Waals surface area (Å²) < 4.78 is 0.957. The van der Waals surface area contributed by atoms with Gasteiger partial charge in [-0.3, -0.25) is 9.59 Å². The van der Waals surface area contributed by atoms with E-state index in [1.165, 1.54) is 11.1 Å². The predicted molar refractivity (Wildman–Crippen MR) is 129 cm³/mol. The summed E-state index contributed by atoms with van der Waals surface area (Å²) in [6, 6.07) is 15.5. The summed E-state index contributed by atoms with van der Waals surface area (Å²) in [5.74, 6) is 1.33. The molecular weight excluding hydrogens is 460 g/mol. The molecule has 2 aromatic rings. The van der Waals surface area contributed by atoms with E-state index in [-0.39, 0.29) is 11.8 Å². The fourth-order valence-electron chi connectivity index (χ4n) is 2.97. The van der Waals surface area contributed by atoms with Crippen LogP contribution < -0.4 is 5.32 Å². The van der Waals surface area contributed by atoms with Crippen molar-refractivity contribution in [1.29, 1.82) is 0 Å². The zero-order valence-electron chi connectivity index (χ0n) is 18.2. The van der Waals surface area contributed by atoms with Crippen LogP contribution in [0.25, 0.3) is 0 Å². The Labute approximate surface area is 192 Å². The van der Waals surface area contributed by atoms with Gasteiger partial charge in [0, 0.05) is 23.3 Å². The summed E-state index contributed by atoms with van der Waals surface area (Å²) in [5.41, 5.74) is 3.45. The standard InChI is InChI=1S/C24H31BrN2O2S/c1-17(2)13-26-24(29)19(4)27(14-20-9-7-11-22(25)12-20)23(28)16-30-15-21-10-6-5-8-18(21)3/h5-12,17,19H,13-16H2,1-4H3,(H,26,29)/t19-/m1/s1. The number of thioether (sulfide) groups is 1. The third kappa shape index (κ3) is 7.80. The summed E-state index contributed by atoms with van der Waals surface area (Å²) in [7, 11) is 0. The van der Waals surface area contributed by atoms with Gasteiger partial charge in [0.1, 0.15) is 6.04 Å². The van der Waals surface area contributed by atoms with Gasteiger partial charge in [-0.15, -0.1) is 11.8 Å². The van der Waals surface area contributed by atoms with Crippen LogP contribution in [0.4, 0.5) is 0 Å². The van der Waals surface area contributed by atoms with E-state index in [4.69, 9.17) is 0 Å². The SMILES string of the molecule is Cc1ccccc1CSCC(=O)N(Cc1cccc(Br)c1)[C@H](C)C(=O)NCC(C)C. The highest BCUT2D eigenvalue weighted by Crippen LogP contribution is 2.19. The third-order valence-electron chi connectivity index (χ3n) is 4.84.